The fourth-order valence-corrected chi connectivity index (χ4v) is 5.02. The zero-order chi connectivity index (χ0) is 19.1. The summed E-state index contributed by atoms with van der Waals surface area (Å²) in [7, 11) is 0. The van der Waals surface area contributed by atoms with Gasteiger partial charge in [0.25, 0.3) is 11.5 Å². The van der Waals surface area contributed by atoms with Gasteiger partial charge in [-0.3, -0.25) is 14.5 Å². The number of carbonyl (C=O) groups is 1. The number of fused-ring (bicyclic) bond motifs is 4. The molecule has 2 saturated heterocycles. The summed E-state index contributed by atoms with van der Waals surface area (Å²) in [5.41, 5.74) is 1.28. The Balaban J connectivity index is 1.38. The van der Waals surface area contributed by atoms with Crippen molar-refractivity contribution in [1.29, 1.82) is 0 Å². The van der Waals surface area contributed by atoms with Crippen LogP contribution >= 0.6 is 0 Å². The Kier molecular flexibility index (Phi) is 4.56. The molecule has 2 fully saturated rings. The van der Waals surface area contributed by atoms with Gasteiger partial charge in [-0.05, 0) is 49.4 Å². The molecule has 0 aromatic carbocycles. The van der Waals surface area contributed by atoms with Crippen LogP contribution in [-0.4, -0.2) is 47.7 Å². The molecule has 148 valence electrons. The van der Waals surface area contributed by atoms with Crippen molar-refractivity contribution in [2.45, 2.75) is 37.8 Å². The molecule has 1 N–H and O–H groups in total. The van der Waals surface area contributed by atoms with Crippen LogP contribution in [0.2, 0.25) is 0 Å². The quantitative estimate of drug-likeness (QED) is 0.880. The molecule has 28 heavy (non-hydrogen) atoms. The second kappa shape index (κ2) is 7.22. The topological polar surface area (TPSA) is 76.7 Å². The standard InChI is InChI=1S/C21H25N3O4/c25-20(19-2-1-7-28-19)22-17-3-4-18-15-10-14(12-24(18)21(17)26)11-23(13-15)16-5-8-27-9-6-16/h1-4,7,14-16H,5-6,8-13H2,(H,22,25)/t14-,15-/m1/s1. The summed E-state index contributed by atoms with van der Waals surface area (Å²) in [6, 6.07) is 7.58. The van der Waals surface area contributed by atoms with Crippen molar-refractivity contribution >= 4 is 11.6 Å². The number of anilines is 1. The zero-order valence-corrected chi connectivity index (χ0v) is 15.8. The molecule has 1 amide bonds. The number of hydrogen-bond acceptors (Lipinski definition) is 5. The van der Waals surface area contributed by atoms with E-state index in [1.165, 1.54) is 6.26 Å². The van der Waals surface area contributed by atoms with E-state index < -0.39 is 5.91 Å². The molecule has 2 aromatic rings. The molecule has 0 saturated carbocycles. The van der Waals surface area contributed by atoms with Gasteiger partial charge < -0.3 is 19.0 Å². The third kappa shape index (κ3) is 3.18. The van der Waals surface area contributed by atoms with E-state index in [1.807, 2.05) is 10.6 Å². The van der Waals surface area contributed by atoms with E-state index in [0.29, 0.717) is 23.6 Å². The number of aromatic nitrogens is 1. The van der Waals surface area contributed by atoms with Gasteiger partial charge >= 0.3 is 0 Å². The summed E-state index contributed by atoms with van der Waals surface area (Å²) in [5.74, 6) is 0.649. The molecule has 2 bridgehead atoms. The van der Waals surface area contributed by atoms with Gasteiger partial charge in [0, 0.05) is 50.5 Å². The van der Waals surface area contributed by atoms with Crippen molar-refractivity contribution in [1.82, 2.24) is 9.47 Å². The van der Waals surface area contributed by atoms with Crippen LogP contribution in [0.25, 0.3) is 0 Å². The summed E-state index contributed by atoms with van der Waals surface area (Å²) in [6.45, 7) is 4.46. The minimum atomic E-state index is -0.399. The highest BCUT2D eigenvalue weighted by Crippen LogP contribution is 2.37. The largest absolute Gasteiger partial charge is 0.459 e. The summed E-state index contributed by atoms with van der Waals surface area (Å²) >= 11 is 0. The number of pyridine rings is 1. The average molecular weight is 383 g/mol. The van der Waals surface area contributed by atoms with E-state index in [-0.39, 0.29) is 11.3 Å². The number of carbonyl (C=O) groups excluding carboxylic acids is 1. The number of furan rings is 1. The molecule has 0 spiro atoms. The maximum Gasteiger partial charge on any atom is 0.291 e. The van der Waals surface area contributed by atoms with E-state index in [2.05, 4.69) is 10.2 Å². The van der Waals surface area contributed by atoms with Crippen molar-refractivity contribution in [3.05, 3.63) is 52.3 Å². The van der Waals surface area contributed by atoms with Gasteiger partial charge in [-0.15, -0.1) is 0 Å². The van der Waals surface area contributed by atoms with Crippen molar-refractivity contribution in [2.24, 2.45) is 5.92 Å². The van der Waals surface area contributed by atoms with E-state index in [4.69, 9.17) is 9.15 Å². The van der Waals surface area contributed by atoms with Gasteiger partial charge in [-0.1, -0.05) is 0 Å². The number of piperidine rings is 1. The zero-order valence-electron chi connectivity index (χ0n) is 15.8. The molecule has 2 atom stereocenters. The Morgan fingerprint density at radius 2 is 1.96 bits per heavy atom. The molecule has 3 aliphatic rings. The van der Waals surface area contributed by atoms with Crippen LogP contribution < -0.4 is 10.9 Å². The second-order valence-electron chi connectivity index (χ2n) is 8.12. The van der Waals surface area contributed by atoms with Crippen molar-refractivity contribution in [3.63, 3.8) is 0 Å². The summed E-state index contributed by atoms with van der Waals surface area (Å²) in [6.07, 6.45) is 4.78. The number of ether oxygens (including phenoxy) is 1. The van der Waals surface area contributed by atoms with Gasteiger partial charge in [0.05, 0.1) is 6.26 Å². The lowest BCUT2D eigenvalue weighted by Crippen LogP contribution is -2.51. The first-order valence-corrected chi connectivity index (χ1v) is 10.1. The van der Waals surface area contributed by atoms with Gasteiger partial charge in [-0.25, -0.2) is 0 Å². The van der Waals surface area contributed by atoms with Crippen LogP contribution in [0.5, 0.6) is 0 Å². The number of likely N-dealkylation sites (tertiary alicyclic amines) is 1. The minimum absolute atomic E-state index is 0.119. The smallest absolute Gasteiger partial charge is 0.291 e. The lowest BCUT2D eigenvalue weighted by atomic mass is 9.82. The fourth-order valence-electron chi connectivity index (χ4n) is 5.02. The molecule has 3 aliphatic heterocycles. The Labute approximate surface area is 163 Å². The number of nitrogens with zero attached hydrogens (tertiary/aromatic N) is 2. The van der Waals surface area contributed by atoms with Crippen LogP contribution in [0, 0.1) is 5.92 Å². The van der Waals surface area contributed by atoms with Gasteiger partial charge in [0.15, 0.2) is 5.76 Å². The summed E-state index contributed by atoms with van der Waals surface area (Å²) in [5, 5.41) is 2.70. The molecule has 5 heterocycles. The van der Waals surface area contributed by atoms with Crippen LogP contribution in [0.1, 0.15) is 41.4 Å². The highest BCUT2D eigenvalue weighted by Gasteiger charge is 2.37. The Hall–Kier alpha value is -2.38. The van der Waals surface area contributed by atoms with E-state index >= 15 is 0 Å². The summed E-state index contributed by atoms with van der Waals surface area (Å²) in [4.78, 5) is 27.9. The Morgan fingerprint density at radius 1 is 1.11 bits per heavy atom. The molecule has 5 rings (SSSR count). The highest BCUT2D eigenvalue weighted by molar-refractivity contribution is 6.02. The maximum absolute atomic E-state index is 13.0. The maximum atomic E-state index is 13.0. The van der Waals surface area contributed by atoms with Gasteiger partial charge in [0.1, 0.15) is 5.69 Å². The number of amides is 1. The molecular formula is C21H25N3O4. The monoisotopic (exact) mass is 383 g/mol. The van der Waals surface area contributed by atoms with E-state index in [0.717, 1.165) is 57.8 Å². The first-order valence-electron chi connectivity index (χ1n) is 10.1. The lowest BCUT2D eigenvalue weighted by molar-refractivity contribution is 0.00589. The first-order chi connectivity index (χ1) is 13.7. The van der Waals surface area contributed by atoms with Crippen LogP contribution in [-0.2, 0) is 11.3 Å². The average Bonchev–Trinajstić information content (AvgIpc) is 3.26. The van der Waals surface area contributed by atoms with Crippen LogP contribution in [0.3, 0.4) is 0 Å². The first kappa shape index (κ1) is 17.7. The SMILES string of the molecule is O=C(Nc1ccc2n(c1=O)C[C@@H]1C[C@@H]2CN(C2CCOCC2)C1)c1ccco1. The molecule has 2 aromatic heterocycles. The number of rotatable bonds is 3. The molecular weight excluding hydrogens is 358 g/mol. The Bertz CT molecular complexity index is 914. The predicted molar refractivity (Wildman–Crippen MR) is 104 cm³/mol. The molecule has 0 radical (unpaired) electrons. The second-order valence-corrected chi connectivity index (χ2v) is 8.12. The fraction of sp³-hybridized carbons (Fsp3) is 0.524. The minimum Gasteiger partial charge on any atom is -0.459 e. The Morgan fingerprint density at radius 3 is 2.75 bits per heavy atom. The highest BCUT2D eigenvalue weighted by atomic mass is 16.5. The normalized spacial score (nSPS) is 25.3. The van der Waals surface area contributed by atoms with Gasteiger partial charge in [-0.2, -0.15) is 0 Å². The molecule has 0 aliphatic carbocycles. The van der Waals surface area contributed by atoms with Gasteiger partial charge in [0.2, 0.25) is 0 Å². The summed E-state index contributed by atoms with van der Waals surface area (Å²) < 4.78 is 12.5. The molecule has 7 heteroatoms. The molecule has 7 nitrogen and oxygen atoms in total. The number of hydrogen-bond donors (Lipinski definition) is 1. The van der Waals surface area contributed by atoms with Crippen LogP contribution in [0.4, 0.5) is 5.69 Å². The van der Waals surface area contributed by atoms with Crippen LogP contribution in [0.15, 0.2) is 39.7 Å². The third-order valence-corrected chi connectivity index (χ3v) is 6.33. The number of nitrogens with one attached hydrogen (secondary N) is 1. The van der Waals surface area contributed by atoms with Crippen molar-refractivity contribution < 1.29 is 13.9 Å². The van der Waals surface area contributed by atoms with E-state index in [1.54, 1.807) is 18.2 Å². The predicted octanol–water partition coefficient (Wildman–Crippen LogP) is 2.29. The lowest BCUT2D eigenvalue weighted by Gasteiger charge is -2.46. The van der Waals surface area contributed by atoms with Crippen molar-refractivity contribution in [3.8, 4) is 0 Å². The van der Waals surface area contributed by atoms with Crippen molar-refractivity contribution in [2.75, 3.05) is 31.6 Å². The molecule has 0 unspecified atom stereocenters. The third-order valence-electron chi connectivity index (χ3n) is 6.33. The van der Waals surface area contributed by atoms with E-state index in [9.17, 15) is 9.59 Å².